The number of sulfonamides is 1. The molecule has 0 radical (unpaired) electrons. The lowest BCUT2D eigenvalue weighted by Gasteiger charge is -2.19. The molecular weight excluding hydrogens is 295 g/mol. The minimum atomic E-state index is -3.80. The minimum Gasteiger partial charge on any atom is -0.378 e. The molecule has 0 aliphatic carbocycles. The first-order valence-corrected chi connectivity index (χ1v) is 7.51. The van der Waals surface area contributed by atoms with E-state index >= 15 is 0 Å². The first kappa shape index (κ1) is 14.7. The van der Waals surface area contributed by atoms with Crippen molar-refractivity contribution in [2.24, 2.45) is 0 Å². The summed E-state index contributed by atoms with van der Waals surface area (Å²) in [5.41, 5.74) is 0. The zero-order valence-corrected chi connectivity index (χ0v) is 11.8. The van der Waals surface area contributed by atoms with Gasteiger partial charge in [0.05, 0.1) is 17.2 Å². The van der Waals surface area contributed by atoms with E-state index in [1.54, 1.807) is 0 Å². The molecule has 1 aliphatic rings. The normalized spacial score (nSPS) is 23.7. The zero-order valence-electron chi connectivity index (χ0n) is 10.2. The quantitative estimate of drug-likeness (QED) is 0.861. The molecule has 0 bridgehead atoms. The summed E-state index contributed by atoms with van der Waals surface area (Å²) in [7, 11) is -2.29. The van der Waals surface area contributed by atoms with Crippen LogP contribution in [0, 0.1) is 5.82 Å². The molecule has 0 unspecified atom stereocenters. The minimum absolute atomic E-state index is 0.141. The van der Waals surface area contributed by atoms with Gasteiger partial charge in [0.1, 0.15) is 10.7 Å². The number of methoxy groups -OCH3 is 1. The molecule has 2 atom stereocenters. The lowest BCUT2D eigenvalue weighted by Crippen LogP contribution is -2.43. The SMILES string of the molecule is CO[C@H]1CNC[C@@H]1NS(=O)(=O)c1ccc(F)cc1Cl. The van der Waals surface area contributed by atoms with Gasteiger partial charge in [0.2, 0.25) is 10.0 Å². The van der Waals surface area contributed by atoms with Gasteiger partial charge in [-0.2, -0.15) is 0 Å². The second-order valence-electron chi connectivity index (χ2n) is 4.23. The third kappa shape index (κ3) is 3.24. The van der Waals surface area contributed by atoms with Crippen LogP contribution in [0.5, 0.6) is 0 Å². The largest absolute Gasteiger partial charge is 0.378 e. The highest BCUT2D eigenvalue weighted by molar-refractivity contribution is 7.89. The van der Waals surface area contributed by atoms with Crippen LogP contribution in [0.4, 0.5) is 4.39 Å². The van der Waals surface area contributed by atoms with Crippen molar-refractivity contribution in [3.63, 3.8) is 0 Å². The van der Waals surface area contributed by atoms with Crippen LogP contribution in [0.1, 0.15) is 0 Å². The molecule has 106 valence electrons. The Kier molecular flexibility index (Phi) is 4.42. The first-order valence-electron chi connectivity index (χ1n) is 5.65. The number of halogens is 2. The van der Waals surface area contributed by atoms with E-state index in [9.17, 15) is 12.8 Å². The van der Waals surface area contributed by atoms with Crippen LogP contribution in [0.25, 0.3) is 0 Å². The maximum atomic E-state index is 12.9. The number of hydrogen-bond acceptors (Lipinski definition) is 4. The van der Waals surface area contributed by atoms with Gasteiger partial charge >= 0.3 is 0 Å². The second-order valence-corrected chi connectivity index (χ2v) is 6.32. The lowest BCUT2D eigenvalue weighted by molar-refractivity contribution is 0.103. The Bertz CT molecular complexity index is 567. The van der Waals surface area contributed by atoms with E-state index in [0.29, 0.717) is 13.1 Å². The smallest absolute Gasteiger partial charge is 0.242 e. The number of nitrogens with one attached hydrogen (secondary N) is 2. The molecule has 2 rings (SSSR count). The molecule has 2 N–H and O–H groups in total. The van der Waals surface area contributed by atoms with E-state index in [1.807, 2.05) is 0 Å². The number of hydrogen-bond donors (Lipinski definition) is 2. The maximum absolute atomic E-state index is 12.9. The molecule has 1 heterocycles. The summed E-state index contributed by atoms with van der Waals surface area (Å²) < 4.78 is 45.0. The van der Waals surface area contributed by atoms with Crippen LogP contribution >= 0.6 is 11.6 Å². The monoisotopic (exact) mass is 308 g/mol. The lowest BCUT2D eigenvalue weighted by atomic mass is 10.2. The molecule has 1 fully saturated rings. The van der Waals surface area contributed by atoms with Gasteiger partial charge in [-0.25, -0.2) is 17.5 Å². The Morgan fingerprint density at radius 1 is 1.47 bits per heavy atom. The number of benzene rings is 1. The molecule has 0 aromatic heterocycles. The van der Waals surface area contributed by atoms with Crippen molar-refractivity contribution in [2.45, 2.75) is 17.0 Å². The van der Waals surface area contributed by atoms with Crippen molar-refractivity contribution < 1.29 is 17.5 Å². The molecule has 1 aromatic rings. The standard InChI is InChI=1S/C11H14ClFN2O3S/c1-18-10-6-14-5-9(10)15-19(16,17)11-3-2-7(13)4-8(11)12/h2-4,9-10,14-15H,5-6H2,1H3/t9-,10-/m0/s1. The van der Waals surface area contributed by atoms with Crippen molar-refractivity contribution in [3.05, 3.63) is 29.0 Å². The predicted octanol–water partition coefficient (Wildman–Crippen LogP) is 0.744. The van der Waals surface area contributed by atoms with Crippen LogP contribution in [0.3, 0.4) is 0 Å². The average Bonchev–Trinajstić information content (AvgIpc) is 2.74. The van der Waals surface area contributed by atoms with E-state index in [2.05, 4.69) is 10.0 Å². The zero-order chi connectivity index (χ0) is 14.0. The molecule has 8 heteroatoms. The van der Waals surface area contributed by atoms with Crippen LogP contribution in [0.2, 0.25) is 5.02 Å². The Hall–Kier alpha value is -0.730. The highest BCUT2D eigenvalue weighted by Crippen LogP contribution is 2.22. The molecule has 1 aliphatic heterocycles. The van der Waals surface area contributed by atoms with Gasteiger partial charge in [0, 0.05) is 20.2 Å². The fourth-order valence-corrected chi connectivity index (χ4v) is 3.77. The third-order valence-electron chi connectivity index (χ3n) is 2.95. The molecule has 1 saturated heterocycles. The molecule has 1 aromatic carbocycles. The van der Waals surface area contributed by atoms with Crippen LogP contribution < -0.4 is 10.0 Å². The topological polar surface area (TPSA) is 67.4 Å². The molecule has 0 amide bonds. The molecule has 19 heavy (non-hydrogen) atoms. The highest BCUT2D eigenvalue weighted by Gasteiger charge is 2.31. The summed E-state index contributed by atoms with van der Waals surface area (Å²) in [6, 6.07) is 2.79. The third-order valence-corrected chi connectivity index (χ3v) is 4.92. The van der Waals surface area contributed by atoms with Gasteiger partial charge in [-0.1, -0.05) is 11.6 Å². The highest BCUT2D eigenvalue weighted by atomic mass is 35.5. The van der Waals surface area contributed by atoms with Crippen molar-refractivity contribution in [1.82, 2.24) is 10.0 Å². The van der Waals surface area contributed by atoms with Gasteiger partial charge in [0.15, 0.2) is 0 Å². The summed E-state index contributed by atoms with van der Waals surface area (Å²) in [6.07, 6.45) is -0.242. The maximum Gasteiger partial charge on any atom is 0.242 e. The van der Waals surface area contributed by atoms with Gasteiger partial charge in [-0.3, -0.25) is 0 Å². The van der Waals surface area contributed by atoms with E-state index < -0.39 is 15.8 Å². The van der Waals surface area contributed by atoms with Crippen LogP contribution in [-0.4, -0.2) is 40.8 Å². The van der Waals surface area contributed by atoms with E-state index in [0.717, 1.165) is 18.2 Å². The van der Waals surface area contributed by atoms with Crippen LogP contribution in [-0.2, 0) is 14.8 Å². The van der Waals surface area contributed by atoms with Crippen molar-refractivity contribution in [3.8, 4) is 0 Å². The molecular formula is C11H14ClFN2O3S. The predicted molar refractivity (Wildman–Crippen MR) is 69.2 cm³/mol. The Labute approximate surface area is 116 Å². The summed E-state index contributed by atoms with van der Waals surface area (Å²) >= 11 is 5.76. The Morgan fingerprint density at radius 3 is 2.84 bits per heavy atom. The van der Waals surface area contributed by atoms with E-state index in [1.165, 1.54) is 7.11 Å². The molecule has 0 saturated carbocycles. The number of ether oxygens (including phenoxy) is 1. The fraction of sp³-hybridized carbons (Fsp3) is 0.455. The van der Waals surface area contributed by atoms with Gasteiger partial charge in [-0.15, -0.1) is 0 Å². The van der Waals surface area contributed by atoms with Gasteiger partial charge in [-0.05, 0) is 18.2 Å². The number of rotatable bonds is 4. The summed E-state index contributed by atoms with van der Waals surface area (Å²) in [4.78, 5) is -0.141. The second kappa shape index (κ2) is 5.72. The molecule has 5 nitrogen and oxygen atoms in total. The van der Waals surface area contributed by atoms with Crippen molar-refractivity contribution in [2.75, 3.05) is 20.2 Å². The van der Waals surface area contributed by atoms with E-state index in [4.69, 9.17) is 16.3 Å². The summed E-state index contributed by atoms with van der Waals surface area (Å²) in [6.45, 7) is 1.04. The Balaban J connectivity index is 2.23. The Morgan fingerprint density at radius 2 is 2.21 bits per heavy atom. The van der Waals surface area contributed by atoms with Crippen molar-refractivity contribution in [1.29, 1.82) is 0 Å². The first-order chi connectivity index (χ1) is 8.94. The fourth-order valence-electron chi connectivity index (χ4n) is 1.98. The van der Waals surface area contributed by atoms with Gasteiger partial charge < -0.3 is 10.1 Å². The summed E-state index contributed by atoms with van der Waals surface area (Å²) in [5.74, 6) is -0.582. The van der Waals surface area contributed by atoms with Gasteiger partial charge in [0.25, 0.3) is 0 Å². The van der Waals surface area contributed by atoms with Crippen molar-refractivity contribution >= 4 is 21.6 Å². The van der Waals surface area contributed by atoms with E-state index in [-0.39, 0.29) is 22.1 Å². The van der Waals surface area contributed by atoms with Crippen LogP contribution in [0.15, 0.2) is 23.1 Å². The average molecular weight is 309 g/mol. The summed E-state index contributed by atoms with van der Waals surface area (Å²) in [5, 5.41) is 2.88. The molecule has 0 spiro atoms.